The van der Waals surface area contributed by atoms with Gasteiger partial charge < -0.3 is 4.90 Å². The minimum atomic E-state index is 0.681. The van der Waals surface area contributed by atoms with Crippen molar-refractivity contribution in [3.63, 3.8) is 0 Å². The van der Waals surface area contributed by atoms with E-state index in [1.54, 1.807) is 0 Å². The molecular weight excluding hydrogens is 158 g/mol. The maximum atomic E-state index is 3.19. The Hall–Kier alpha value is -1.20. The molecule has 0 saturated carbocycles. The van der Waals surface area contributed by atoms with E-state index < -0.39 is 0 Å². The number of rotatable bonds is 0. The molecule has 1 nitrogen and oxygen atoms in total. The summed E-state index contributed by atoms with van der Waals surface area (Å²) in [6.45, 7) is 0. The van der Waals surface area contributed by atoms with E-state index in [0.717, 1.165) is 0 Å². The predicted octanol–water partition coefficient (Wildman–Crippen LogP) is 2.59. The number of hydrogen-bond donors (Lipinski definition) is 0. The third-order valence-electron chi connectivity index (χ3n) is 3.29. The molecule has 1 aliphatic heterocycles. The topological polar surface area (TPSA) is 3.24 Å². The van der Waals surface area contributed by atoms with Crippen molar-refractivity contribution >= 4 is 0 Å². The molecule has 0 amide bonds. The van der Waals surface area contributed by atoms with Gasteiger partial charge in [0, 0.05) is 24.7 Å². The molecule has 1 heterocycles. The van der Waals surface area contributed by atoms with E-state index in [9.17, 15) is 0 Å². The molecule has 0 aromatic rings. The van der Waals surface area contributed by atoms with Crippen molar-refractivity contribution in [1.82, 2.24) is 4.90 Å². The Kier molecular flexibility index (Phi) is 1.33. The van der Waals surface area contributed by atoms with Crippen LogP contribution in [0.2, 0.25) is 0 Å². The van der Waals surface area contributed by atoms with Crippen LogP contribution in [0.4, 0.5) is 0 Å². The van der Waals surface area contributed by atoms with E-state index in [1.807, 2.05) is 0 Å². The van der Waals surface area contributed by atoms with E-state index in [-0.39, 0.29) is 0 Å². The lowest BCUT2D eigenvalue weighted by Gasteiger charge is -2.23. The quantitative estimate of drug-likeness (QED) is 0.506. The Morgan fingerprint density at radius 2 is 2.38 bits per heavy atom. The standard InChI is InChI=1S/C12H13N/c1-13-11-7-3-2-5-9(11)10-6-4-8-12(10)13/h6-9H,2-3,5H2,1H3. The number of allylic oxidation sites excluding steroid dienone is 3. The summed E-state index contributed by atoms with van der Waals surface area (Å²) in [5.41, 5.74) is 7.58. The molecule has 3 aliphatic rings. The first-order chi connectivity index (χ1) is 6.38. The maximum Gasteiger partial charge on any atom is 0.0529 e. The van der Waals surface area contributed by atoms with E-state index in [1.165, 1.54) is 36.2 Å². The Morgan fingerprint density at radius 1 is 1.46 bits per heavy atom. The van der Waals surface area contributed by atoms with Crippen molar-refractivity contribution in [2.75, 3.05) is 7.05 Å². The summed E-state index contributed by atoms with van der Waals surface area (Å²) < 4.78 is 0. The van der Waals surface area contributed by atoms with Crippen molar-refractivity contribution in [1.29, 1.82) is 0 Å². The highest BCUT2D eigenvalue weighted by molar-refractivity contribution is 5.49. The monoisotopic (exact) mass is 171 g/mol. The molecule has 0 aromatic carbocycles. The van der Waals surface area contributed by atoms with Gasteiger partial charge >= 0.3 is 0 Å². The third kappa shape index (κ3) is 0.827. The van der Waals surface area contributed by atoms with Crippen molar-refractivity contribution in [3.05, 3.63) is 40.9 Å². The van der Waals surface area contributed by atoms with Crippen molar-refractivity contribution in [2.24, 2.45) is 5.92 Å². The van der Waals surface area contributed by atoms with Crippen molar-refractivity contribution in [2.45, 2.75) is 19.3 Å². The average molecular weight is 171 g/mol. The van der Waals surface area contributed by atoms with Gasteiger partial charge in [-0.1, -0.05) is 6.08 Å². The van der Waals surface area contributed by atoms with E-state index >= 15 is 0 Å². The smallest absolute Gasteiger partial charge is 0.0529 e. The van der Waals surface area contributed by atoms with Gasteiger partial charge in [0.2, 0.25) is 0 Å². The van der Waals surface area contributed by atoms with E-state index in [0.29, 0.717) is 5.92 Å². The lowest BCUT2D eigenvalue weighted by Crippen LogP contribution is -2.16. The number of likely N-dealkylation sites (N-methyl/N-ethyl adjacent to an activating group) is 1. The van der Waals surface area contributed by atoms with Gasteiger partial charge in [0.25, 0.3) is 0 Å². The summed E-state index contributed by atoms with van der Waals surface area (Å²) >= 11 is 0. The maximum absolute atomic E-state index is 3.19. The molecule has 0 bridgehead atoms. The van der Waals surface area contributed by atoms with Gasteiger partial charge in [-0.3, -0.25) is 0 Å². The van der Waals surface area contributed by atoms with E-state index in [4.69, 9.17) is 0 Å². The fourth-order valence-corrected chi connectivity index (χ4v) is 2.62. The van der Waals surface area contributed by atoms with Crippen molar-refractivity contribution < 1.29 is 0 Å². The van der Waals surface area contributed by atoms with Gasteiger partial charge in [-0.15, -0.1) is 5.73 Å². The lowest BCUT2D eigenvalue weighted by molar-refractivity contribution is 0.469. The normalized spacial score (nSPS) is 29.5. The van der Waals surface area contributed by atoms with Gasteiger partial charge in [0.1, 0.15) is 0 Å². The second-order valence-electron chi connectivity index (χ2n) is 3.97. The Balaban J connectivity index is 2.09. The average Bonchev–Trinajstić information content (AvgIpc) is 2.72. The van der Waals surface area contributed by atoms with Crippen LogP contribution in [0.3, 0.4) is 0 Å². The highest BCUT2D eigenvalue weighted by atomic mass is 15.1. The molecule has 0 radical (unpaired) electrons. The minimum absolute atomic E-state index is 0.681. The second-order valence-corrected chi connectivity index (χ2v) is 3.97. The van der Waals surface area contributed by atoms with Crippen LogP contribution in [0.5, 0.6) is 0 Å². The molecule has 0 aromatic heterocycles. The van der Waals surface area contributed by atoms with Crippen LogP contribution in [0, 0.1) is 5.92 Å². The zero-order chi connectivity index (χ0) is 8.84. The highest BCUT2D eigenvalue weighted by Crippen LogP contribution is 2.43. The van der Waals surface area contributed by atoms with Crippen LogP contribution in [-0.4, -0.2) is 11.9 Å². The first-order valence-corrected chi connectivity index (χ1v) is 4.98. The van der Waals surface area contributed by atoms with Crippen LogP contribution in [-0.2, 0) is 0 Å². The zero-order valence-electron chi connectivity index (χ0n) is 7.88. The van der Waals surface area contributed by atoms with E-state index in [2.05, 4.69) is 35.9 Å². The summed E-state index contributed by atoms with van der Waals surface area (Å²) in [6.07, 6.45) is 10.6. The molecule has 1 atom stereocenters. The fourth-order valence-electron chi connectivity index (χ4n) is 2.62. The number of hydrogen-bond acceptors (Lipinski definition) is 1. The van der Waals surface area contributed by atoms with Gasteiger partial charge in [0.15, 0.2) is 0 Å². The molecule has 0 saturated heterocycles. The highest BCUT2D eigenvalue weighted by Gasteiger charge is 2.33. The Labute approximate surface area is 78.7 Å². The Morgan fingerprint density at radius 3 is 3.31 bits per heavy atom. The van der Waals surface area contributed by atoms with Crippen LogP contribution >= 0.6 is 0 Å². The molecule has 13 heavy (non-hydrogen) atoms. The van der Waals surface area contributed by atoms with Gasteiger partial charge in [0.05, 0.1) is 5.70 Å². The number of nitrogens with zero attached hydrogens (tertiary/aromatic N) is 1. The third-order valence-corrected chi connectivity index (χ3v) is 3.29. The molecule has 0 fully saturated rings. The lowest BCUT2D eigenvalue weighted by atomic mass is 9.88. The first-order valence-electron chi connectivity index (χ1n) is 4.98. The summed E-state index contributed by atoms with van der Waals surface area (Å²) in [7, 11) is 2.17. The SMILES string of the molecule is CN1C2=CCCCC2C2=C1C=C=C2. The van der Waals surface area contributed by atoms with Crippen LogP contribution < -0.4 is 0 Å². The Bertz CT molecular complexity index is 378. The summed E-state index contributed by atoms with van der Waals surface area (Å²) in [5.74, 6) is 0.681. The number of fused-ring (bicyclic) bond motifs is 2. The molecule has 1 heteroatoms. The molecule has 66 valence electrons. The minimum Gasteiger partial charge on any atom is -0.347 e. The molecule has 2 aliphatic carbocycles. The van der Waals surface area contributed by atoms with Crippen LogP contribution in [0.25, 0.3) is 0 Å². The van der Waals surface area contributed by atoms with Gasteiger partial charge in [-0.2, -0.15) is 0 Å². The molecule has 1 unspecified atom stereocenters. The summed E-state index contributed by atoms with van der Waals surface area (Å²) in [5, 5.41) is 0. The van der Waals surface area contributed by atoms with Crippen molar-refractivity contribution in [3.8, 4) is 0 Å². The zero-order valence-corrected chi connectivity index (χ0v) is 7.88. The first kappa shape index (κ1) is 7.23. The molecular formula is C12H13N. The van der Waals surface area contributed by atoms with Gasteiger partial charge in [-0.05, 0) is 30.9 Å². The second kappa shape index (κ2) is 2.40. The molecule has 3 rings (SSSR count). The van der Waals surface area contributed by atoms with Crippen LogP contribution in [0.1, 0.15) is 19.3 Å². The molecule has 0 spiro atoms. The fraction of sp³-hybridized carbons (Fsp3) is 0.417. The largest absolute Gasteiger partial charge is 0.347 e. The van der Waals surface area contributed by atoms with Crippen LogP contribution in [0.15, 0.2) is 40.9 Å². The summed E-state index contributed by atoms with van der Waals surface area (Å²) in [6, 6.07) is 0. The predicted molar refractivity (Wildman–Crippen MR) is 52.9 cm³/mol. The molecule has 0 N–H and O–H groups in total. The summed E-state index contributed by atoms with van der Waals surface area (Å²) in [4.78, 5) is 2.33. The van der Waals surface area contributed by atoms with Gasteiger partial charge in [-0.25, -0.2) is 0 Å².